The van der Waals surface area contributed by atoms with Gasteiger partial charge >= 0.3 is 5.97 Å². The second-order valence-electron chi connectivity index (χ2n) is 3.43. The minimum absolute atomic E-state index is 0.477. The molecule has 3 nitrogen and oxygen atoms in total. The lowest BCUT2D eigenvalue weighted by Gasteiger charge is -2.37. The molecule has 12 heavy (non-hydrogen) atoms. The summed E-state index contributed by atoms with van der Waals surface area (Å²) >= 11 is 1.58. The number of hydrogen-bond acceptors (Lipinski definition) is 3. The van der Waals surface area contributed by atoms with Crippen LogP contribution in [0.3, 0.4) is 0 Å². The van der Waals surface area contributed by atoms with Gasteiger partial charge in [0.1, 0.15) is 5.16 Å². The van der Waals surface area contributed by atoms with E-state index >= 15 is 0 Å². The molecule has 0 heterocycles. The van der Waals surface area contributed by atoms with Crippen LogP contribution < -0.4 is 5.73 Å². The lowest BCUT2D eigenvalue weighted by Crippen LogP contribution is -2.60. The van der Waals surface area contributed by atoms with Gasteiger partial charge < -0.3 is 10.8 Å². The van der Waals surface area contributed by atoms with Crippen LogP contribution >= 0.6 is 11.8 Å². The zero-order chi connectivity index (χ0) is 9.99. The van der Waals surface area contributed by atoms with Crippen molar-refractivity contribution in [3.05, 3.63) is 0 Å². The van der Waals surface area contributed by atoms with Crippen molar-refractivity contribution >= 4 is 28.0 Å². The molecule has 0 amide bonds. The summed E-state index contributed by atoms with van der Waals surface area (Å²) < 4.78 is 0. The number of aliphatic carboxylic acids is 1. The molecule has 0 rings (SSSR count). The third kappa shape index (κ3) is 2.24. The normalized spacial score (nSPS) is 17.1. The highest BCUT2D eigenvalue weighted by molar-refractivity contribution is 7.98. The number of hydrogen-bond donors (Lipinski definition) is 2. The number of carbonyl (C=O) groups is 1. The minimum Gasteiger partial charge on any atom is -0.480 e. The second-order valence-corrected chi connectivity index (χ2v) is 5.08. The Morgan fingerprint density at radius 1 is 1.67 bits per heavy atom. The molecule has 0 aliphatic heterocycles. The molecule has 0 spiro atoms. The molecule has 69 valence electrons. The van der Waals surface area contributed by atoms with Crippen molar-refractivity contribution in [1.82, 2.24) is 0 Å². The van der Waals surface area contributed by atoms with Gasteiger partial charge in [-0.2, -0.15) is 11.8 Å². The van der Waals surface area contributed by atoms with Crippen molar-refractivity contribution in [2.45, 2.75) is 19.0 Å². The van der Waals surface area contributed by atoms with Gasteiger partial charge in [0.2, 0.25) is 0 Å². The van der Waals surface area contributed by atoms with E-state index in [0.717, 1.165) is 0 Å². The standard InChI is InChI=1S/C7H14NO2SSi/c1-6(2,4-11-3)7(8,12)5(9)10/h4,8H2,1-3H3,(H,9,10). The van der Waals surface area contributed by atoms with E-state index in [4.69, 9.17) is 10.8 Å². The maximum Gasteiger partial charge on any atom is 0.320 e. The molecule has 0 aromatic carbocycles. The van der Waals surface area contributed by atoms with Crippen LogP contribution in [0.4, 0.5) is 0 Å². The highest BCUT2D eigenvalue weighted by Gasteiger charge is 2.43. The first-order chi connectivity index (χ1) is 5.25. The molecule has 3 N–H and O–H groups in total. The quantitative estimate of drug-likeness (QED) is 0.646. The molecule has 0 bridgehead atoms. The van der Waals surface area contributed by atoms with Gasteiger partial charge in [-0.3, -0.25) is 4.79 Å². The van der Waals surface area contributed by atoms with Gasteiger partial charge in [0.25, 0.3) is 0 Å². The Bertz CT molecular complexity index is 182. The van der Waals surface area contributed by atoms with Gasteiger partial charge in [-0.1, -0.05) is 13.8 Å². The van der Waals surface area contributed by atoms with E-state index in [1.807, 2.05) is 20.1 Å². The molecule has 1 atom stereocenters. The molecule has 3 radical (unpaired) electrons. The van der Waals surface area contributed by atoms with Crippen LogP contribution in [0.1, 0.15) is 13.8 Å². The maximum absolute atomic E-state index is 10.8. The van der Waals surface area contributed by atoms with Crippen LogP contribution in [0.5, 0.6) is 0 Å². The largest absolute Gasteiger partial charge is 0.480 e. The fourth-order valence-corrected chi connectivity index (χ4v) is 1.93. The van der Waals surface area contributed by atoms with Crippen molar-refractivity contribution in [2.75, 3.05) is 12.0 Å². The molecule has 1 unspecified atom stereocenters. The first kappa shape index (κ1) is 12.0. The topological polar surface area (TPSA) is 63.3 Å². The lowest BCUT2D eigenvalue weighted by molar-refractivity contribution is -0.143. The fraction of sp³-hybridized carbons (Fsp3) is 0.857. The number of rotatable bonds is 4. The van der Waals surface area contributed by atoms with Crippen LogP contribution in [0.15, 0.2) is 0 Å². The van der Waals surface area contributed by atoms with Gasteiger partial charge in [-0.15, -0.1) is 0 Å². The van der Waals surface area contributed by atoms with Crippen molar-refractivity contribution in [3.8, 4) is 0 Å². The van der Waals surface area contributed by atoms with E-state index in [1.165, 1.54) is 0 Å². The number of carboxylic acid groups (broad SMARTS) is 1. The van der Waals surface area contributed by atoms with Crippen molar-refractivity contribution in [3.63, 3.8) is 0 Å². The van der Waals surface area contributed by atoms with Crippen molar-refractivity contribution in [2.24, 2.45) is 11.1 Å². The zero-order valence-corrected chi connectivity index (χ0v) is 9.36. The van der Waals surface area contributed by atoms with Crippen molar-refractivity contribution in [1.29, 1.82) is 0 Å². The van der Waals surface area contributed by atoms with Crippen LogP contribution in [0, 0.1) is 5.41 Å². The Hall–Kier alpha value is -0.00312. The Morgan fingerprint density at radius 2 is 2.08 bits per heavy atom. The van der Waals surface area contributed by atoms with Crippen molar-refractivity contribution < 1.29 is 9.90 Å². The highest BCUT2D eigenvalue weighted by atomic mass is 32.2. The third-order valence-electron chi connectivity index (χ3n) is 1.91. The monoisotopic (exact) mass is 204 g/mol. The lowest BCUT2D eigenvalue weighted by atomic mass is 9.86. The van der Waals surface area contributed by atoms with E-state index in [2.05, 4.69) is 10.2 Å². The van der Waals surface area contributed by atoms with E-state index in [-0.39, 0.29) is 0 Å². The second kappa shape index (κ2) is 3.80. The van der Waals surface area contributed by atoms with E-state index in [9.17, 15) is 4.79 Å². The molecule has 0 aromatic rings. The van der Waals surface area contributed by atoms with Gasteiger partial charge in [0, 0.05) is 5.75 Å². The fourth-order valence-electron chi connectivity index (χ4n) is 0.764. The summed E-state index contributed by atoms with van der Waals surface area (Å²) in [5, 5.41) is 7.47. The zero-order valence-electron chi connectivity index (χ0n) is 7.55. The molecule has 0 saturated carbocycles. The Balaban J connectivity index is 4.62. The first-order valence-corrected chi connectivity index (χ1v) is 5.41. The Labute approximate surface area is 80.5 Å². The maximum atomic E-state index is 10.8. The van der Waals surface area contributed by atoms with E-state index < -0.39 is 16.5 Å². The molecule has 5 heteroatoms. The van der Waals surface area contributed by atoms with E-state index in [1.54, 1.807) is 11.8 Å². The van der Waals surface area contributed by atoms with Gasteiger partial charge in [-0.05, 0) is 11.7 Å². The van der Waals surface area contributed by atoms with Gasteiger partial charge in [0.05, 0.1) is 10.2 Å². The number of nitrogens with two attached hydrogens (primary N) is 1. The summed E-state index contributed by atoms with van der Waals surface area (Å²) in [7, 11) is 3.09. The SMILES string of the molecule is CSCC(C)(C)C(N)([Si])C(=O)O. The highest BCUT2D eigenvalue weighted by Crippen LogP contribution is 2.29. The average Bonchev–Trinajstić information content (AvgIpc) is 1.86. The Kier molecular flexibility index (Phi) is 3.80. The average molecular weight is 204 g/mol. The smallest absolute Gasteiger partial charge is 0.320 e. The van der Waals surface area contributed by atoms with Crippen LogP contribution in [-0.2, 0) is 4.79 Å². The van der Waals surface area contributed by atoms with Crippen LogP contribution in [-0.4, -0.2) is 38.5 Å². The summed E-state index contributed by atoms with van der Waals surface area (Å²) in [6.45, 7) is 3.65. The summed E-state index contributed by atoms with van der Waals surface area (Å²) in [4.78, 5) is 10.8. The first-order valence-electron chi connectivity index (χ1n) is 3.52. The third-order valence-corrected chi connectivity index (χ3v) is 3.81. The van der Waals surface area contributed by atoms with Gasteiger partial charge in [0.15, 0.2) is 0 Å². The summed E-state index contributed by atoms with van der Waals surface area (Å²) in [5.74, 6) is -0.336. The number of carboxylic acids is 1. The predicted molar refractivity (Wildman–Crippen MR) is 52.5 cm³/mol. The number of thioether (sulfide) groups is 1. The van der Waals surface area contributed by atoms with E-state index in [0.29, 0.717) is 5.75 Å². The Morgan fingerprint density at radius 3 is 2.33 bits per heavy atom. The predicted octanol–water partition coefficient (Wildman–Crippen LogP) is 0.284. The van der Waals surface area contributed by atoms with Gasteiger partial charge in [-0.25, -0.2) is 0 Å². The molecular weight excluding hydrogens is 190 g/mol. The molecule has 0 aliphatic rings. The van der Waals surface area contributed by atoms with Crippen LogP contribution in [0.25, 0.3) is 0 Å². The summed E-state index contributed by atoms with van der Waals surface area (Å²) in [6.07, 6.45) is 1.92. The molecule has 0 fully saturated rings. The minimum atomic E-state index is -1.35. The summed E-state index contributed by atoms with van der Waals surface area (Å²) in [6, 6.07) is 0. The molecule has 0 aliphatic carbocycles. The molecular formula is C7H14NO2SSi. The molecule has 0 aromatic heterocycles. The van der Waals surface area contributed by atoms with Crippen LogP contribution in [0.2, 0.25) is 0 Å². The summed E-state index contributed by atoms with van der Waals surface area (Å²) in [5.41, 5.74) is 5.15. The molecule has 0 saturated heterocycles.